The molecule has 2 amide bonds. The van der Waals surface area contributed by atoms with E-state index in [1.165, 1.54) is 71.4 Å². The normalized spacial score (nSPS) is 18.4. The van der Waals surface area contributed by atoms with Crippen molar-refractivity contribution in [3.8, 4) is 11.5 Å². The Morgan fingerprint density at radius 2 is 1.40 bits per heavy atom. The van der Waals surface area contributed by atoms with E-state index in [-0.39, 0.29) is 44.8 Å². The quantitative estimate of drug-likeness (QED) is 0.301. The predicted octanol–water partition coefficient (Wildman–Crippen LogP) is 1.17. The van der Waals surface area contributed by atoms with E-state index in [1.807, 2.05) is 0 Å². The maximum absolute atomic E-state index is 14.0. The Labute approximate surface area is 245 Å². The highest BCUT2D eigenvalue weighted by Gasteiger charge is 2.48. The number of anilines is 2. The molecule has 0 saturated carbocycles. The van der Waals surface area contributed by atoms with Crippen molar-refractivity contribution < 1.29 is 44.3 Å². The summed E-state index contributed by atoms with van der Waals surface area (Å²) in [5.74, 6) is -1.18. The molecule has 1 atom stereocenters. The molecule has 1 aliphatic heterocycles. The molecular weight excluding hydrogens is 612 g/mol. The summed E-state index contributed by atoms with van der Waals surface area (Å²) in [6.45, 7) is 3.16. The van der Waals surface area contributed by atoms with Gasteiger partial charge in [-0.3, -0.25) is 9.59 Å². The lowest BCUT2D eigenvalue weighted by atomic mass is 10.0. The van der Waals surface area contributed by atoms with E-state index in [4.69, 9.17) is 9.47 Å². The molecule has 1 fully saturated rings. The summed E-state index contributed by atoms with van der Waals surface area (Å²) in [7, 11) is -9.49. The number of benzene rings is 2. The standard InChI is InChI=1S/C25H34N4O10S3/c1-17(30)27-21-14-19(6-8-23(21)38-4)41(34,35)26-11-12-29(25(3)10-13-40(32,33)16-25)42(36,37)20-7-9-24(39-5)22(15-20)28-18(2)31/h6-9,14-15,26H,10-13,16H2,1-5H3,(H,27,30)(H,28,31)/t25-/m1/s1. The summed E-state index contributed by atoms with van der Waals surface area (Å²) >= 11 is 0. The first-order valence-electron chi connectivity index (χ1n) is 12.6. The molecule has 3 N–H and O–H groups in total. The maximum atomic E-state index is 14.0. The number of nitrogens with zero attached hydrogens (tertiary/aromatic N) is 1. The van der Waals surface area contributed by atoms with E-state index >= 15 is 0 Å². The third-order valence-electron chi connectivity index (χ3n) is 6.55. The molecule has 3 rings (SSSR count). The Balaban J connectivity index is 1.96. The fraction of sp³-hybridized carbons (Fsp3) is 0.440. The topological polar surface area (TPSA) is 194 Å². The molecule has 0 unspecified atom stereocenters. The van der Waals surface area contributed by atoms with Crippen LogP contribution in [0.3, 0.4) is 0 Å². The lowest BCUT2D eigenvalue weighted by molar-refractivity contribution is -0.115. The van der Waals surface area contributed by atoms with Crippen LogP contribution in [-0.2, 0) is 39.5 Å². The molecule has 2 aromatic carbocycles. The van der Waals surface area contributed by atoms with Gasteiger partial charge < -0.3 is 20.1 Å². The number of rotatable bonds is 12. The summed E-state index contributed by atoms with van der Waals surface area (Å²) in [5.41, 5.74) is -1.17. The van der Waals surface area contributed by atoms with Crippen LogP contribution in [0.1, 0.15) is 27.2 Å². The molecule has 0 aliphatic carbocycles. The van der Waals surface area contributed by atoms with E-state index in [1.54, 1.807) is 0 Å². The molecule has 42 heavy (non-hydrogen) atoms. The van der Waals surface area contributed by atoms with Gasteiger partial charge in [0.1, 0.15) is 11.5 Å². The van der Waals surface area contributed by atoms with Crippen molar-refractivity contribution in [2.24, 2.45) is 0 Å². The second kappa shape index (κ2) is 12.5. The van der Waals surface area contributed by atoms with Crippen LogP contribution in [0.2, 0.25) is 0 Å². The van der Waals surface area contributed by atoms with Crippen LogP contribution in [0, 0.1) is 0 Å². The Kier molecular flexibility index (Phi) is 9.93. The van der Waals surface area contributed by atoms with Gasteiger partial charge in [-0.05, 0) is 49.7 Å². The lowest BCUT2D eigenvalue weighted by Gasteiger charge is -2.36. The molecule has 1 heterocycles. The number of sulfone groups is 1. The molecule has 0 aromatic heterocycles. The minimum Gasteiger partial charge on any atom is -0.495 e. The second-order valence-corrected chi connectivity index (χ2v) is 15.7. The van der Waals surface area contributed by atoms with Gasteiger partial charge in [0.2, 0.25) is 31.9 Å². The smallest absolute Gasteiger partial charge is 0.243 e. The first-order valence-corrected chi connectivity index (χ1v) is 17.3. The molecule has 1 saturated heterocycles. The highest BCUT2D eigenvalue weighted by molar-refractivity contribution is 7.92. The molecule has 1 aliphatic rings. The van der Waals surface area contributed by atoms with Gasteiger partial charge in [-0.1, -0.05) is 0 Å². The van der Waals surface area contributed by atoms with E-state index < -0.39 is 66.1 Å². The Bertz CT molecular complexity index is 1690. The lowest BCUT2D eigenvalue weighted by Crippen LogP contribution is -2.53. The second-order valence-electron chi connectivity index (χ2n) is 9.90. The van der Waals surface area contributed by atoms with Crippen molar-refractivity contribution >= 4 is 53.1 Å². The van der Waals surface area contributed by atoms with Gasteiger partial charge in [0.05, 0.1) is 46.9 Å². The summed E-state index contributed by atoms with van der Waals surface area (Å²) in [6, 6.07) is 7.61. The Hall–Kier alpha value is -3.25. The molecule has 17 heteroatoms. The van der Waals surface area contributed by atoms with E-state index in [9.17, 15) is 34.8 Å². The number of carbonyl (C=O) groups excluding carboxylic acids is 2. The number of sulfonamides is 2. The van der Waals surface area contributed by atoms with Crippen molar-refractivity contribution in [1.82, 2.24) is 9.03 Å². The summed E-state index contributed by atoms with van der Waals surface area (Å²) in [6.07, 6.45) is -0.00538. The number of nitrogens with one attached hydrogen (secondary N) is 3. The van der Waals surface area contributed by atoms with Crippen LogP contribution in [-0.4, -0.2) is 85.7 Å². The first kappa shape index (κ1) is 33.3. The summed E-state index contributed by atoms with van der Waals surface area (Å²) < 4.78 is 92.7. The van der Waals surface area contributed by atoms with Gasteiger partial charge >= 0.3 is 0 Å². The zero-order chi connectivity index (χ0) is 31.5. The van der Waals surface area contributed by atoms with Crippen molar-refractivity contribution in [2.45, 2.75) is 42.5 Å². The van der Waals surface area contributed by atoms with E-state index in [2.05, 4.69) is 15.4 Å². The predicted molar refractivity (Wildman–Crippen MR) is 155 cm³/mol. The summed E-state index contributed by atoms with van der Waals surface area (Å²) in [5, 5.41) is 4.99. The van der Waals surface area contributed by atoms with Gasteiger partial charge in [-0.25, -0.2) is 30.0 Å². The zero-order valence-corrected chi connectivity index (χ0v) is 26.2. The van der Waals surface area contributed by atoms with Crippen LogP contribution in [0.15, 0.2) is 46.2 Å². The number of methoxy groups -OCH3 is 2. The van der Waals surface area contributed by atoms with E-state index in [0.29, 0.717) is 0 Å². The van der Waals surface area contributed by atoms with Crippen LogP contribution in [0.25, 0.3) is 0 Å². The van der Waals surface area contributed by atoms with Crippen LogP contribution in [0.4, 0.5) is 11.4 Å². The molecular formula is C25H34N4O10S3. The van der Waals surface area contributed by atoms with Gasteiger partial charge in [0.15, 0.2) is 9.84 Å². The molecule has 232 valence electrons. The summed E-state index contributed by atoms with van der Waals surface area (Å²) in [4.78, 5) is 22.8. The Morgan fingerprint density at radius 3 is 1.86 bits per heavy atom. The maximum Gasteiger partial charge on any atom is 0.243 e. The van der Waals surface area contributed by atoms with Crippen molar-refractivity contribution in [3.63, 3.8) is 0 Å². The SMILES string of the molecule is COc1ccc(S(=O)(=O)NCCN([C@]2(C)CCS(=O)(=O)C2)S(=O)(=O)c2ccc(OC)c(NC(C)=O)c2)cc1NC(C)=O. The third-order valence-corrected chi connectivity index (χ3v) is 12.0. The molecule has 0 radical (unpaired) electrons. The number of carbonyl (C=O) groups is 2. The monoisotopic (exact) mass is 646 g/mol. The van der Waals surface area contributed by atoms with Crippen LogP contribution < -0.4 is 24.8 Å². The molecule has 0 bridgehead atoms. The van der Waals surface area contributed by atoms with Crippen LogP contribution >= 0.6 is 0 Å². The largest absolute Gasteiger partial charge is 0.495 e. The van der Waals surface area contributed by atoms with Crippen molar-refractivity contribution in [2.75, 3.05) is 49.4 Å². The molecule has 2 aromatic rings. The fourth-order valence-electron chi connectivity index (χ4n) is 4.64. The van der Waals surface area contributed by atoms with Gasteiger partial charge in [-0.15, -0.1) is 0 Å². The van der Waals surface area contributed by atoms with Gasteiger partial charge in [-0.2, -0.15) is 4.31 Å². The average molecular weight is 647 g/mol. The number of ether oxygens (including phenoxy) is 2. The first-order chi connectivity index (χ1) is 19.4. The van der Waals surface area contributed by atoms with Crippen LogP contribution in [0.5, 0.6) is 11.5 Å². The number of hydrogen-bond acceptors (Lipinski definition) is 10. The molecule has 0 spiro atoms. The molecule has 14 nitrogen and oxygen atoms in total. The fourth-order valence-corrected chi connectivity index (χ4v) is 9.74. The third kappa shape index (κ3) is 7.57. The highest BCUT2D eigenvalue weighted by Crippen LogP contribution is 2.36. The highest BCUT2D eigenvalue weighted by atomic mass is 32.2. The minimum atomic E-state index is -4.42. The Morgan fingerprint density at radius 1 is 0.905 bits per heavy atom. The van der Waals surface area contributed by atoms with Crippen molar-refractivity contribution in [1.29, 1.82) is 0 Å². The minimum absolute atomic E-state index is 0.00538. The zero-order valence-electron chi connectivity index (χ0n) is 23.8. The van der Waals surface area contributed by atoms with Crippen molar-refractivity contribution in [3.05, 3.63) is 36.4 Å². The number of hydrogen-bond donors (Lipinski definition) is 3. The van der Waals surface area contributed by atoms with E-state index in [0.717, 1.165) is 4.31 Å². The average Bonchev–Trinajstić information content (AvgIpc) is 3.18. The van der Waals surface area contributed by atoms with Gasteiger partial charge in [0, 0.05) is 32.5 Å². The number of amides is 2. The van der Waals surface area contributed by atoms with Gasteiger partial charge in [0.25, 0.3) is 0 Å².